The predicted molar refractivity (Wildman–Crippen MR) is 85.8 cm³/mol. The van der Waals surface area contributed by atoms with Gasteiger partial charge in [0.15, 0.2) is 0 Å². The molecule has 0 spiro atoms. The second-order valence-electron chi connectivity index (χ2n) is 4.72. The molecule has 3 rings (SSSR count). The lowest BCUT2D eigenvalue weighted by Gasteiger charge is -2.07. The first kappa shape index (κ1) is 14.2. The molecule has 0 bridgehead atoms. The van der Waals surface area contributed by atoms with Gasteiger partial charge in [0.1, 0.15) is 16.5 Å². The zero-order valence-electron chi connectivity index (χ0n) is 11.4. The SMILES string of the molecule is Cc1cc2c(NCCc3ccc(F)cc3)nc(Cl)nc2s1. The van der Waals surface area contributed by atoms with Crippen molar-refractivity contribution in [2.24, 2.45) is 0 Å². The van der Waals surface area contributed by atoms with E-state index in [1.807, 2.05) is 6.92 Å². The number of halogens is 2. The molecule has 0 aliphatic heterocycles. The highest BCUT2D eigenvalue weighted by molar-refractivity contribution is 7.18. The summed E-state index contributed by atoms with van der Waals surface area (Å²) in [6.45, 7) is 2.73. The summed E-state index contributed by atoms with van der Waals surface area (Å²) in [4.78, 5) is 10.5. The molecule has 3 nitrogen and oxygen atoms in total. The molecule has 0 unspecified atom stereocenters. The van der Waals surface area contributed by atoms with Crippen molar-refractivity contribution in [3.63, 3.8) is 0 Å². The number of fused-ring (bicyclic) bond motifs is 1. The Morgan fingerprint density at radius 2 is 2.00 bits per heavy atom. The summed E-state index contributed by atoms with van der Waals surface area (Å²) >= 11 is 7.54. The van der Waals surface area contributed by atoms with Crippen LogP contribution in [0.2, 0.25) is 5.28 Å². The van der Waals surface area contributed by atoms with Gasteiger partial charge < -0.3 is 5.32 Å². The van der Waals surface area contributed by atoms with Crippen molar-refractivity contribution in [3.8, 4) is 0 Å². The average molecular weight is 322 g/mol. The van der Waals surface area contributed by atoms with E-state index in [0.717, 1.165) is 28.0 Å². The van der Waals surface area contributed by atoms with Gasteiger partial charge in [-0.15, -0.1) is 11.3 Å². The molecule has 0 aliphatic carbocycles. The number of hydrogen-bond acceptors (Lipinski definition) is 4. The maximum Gasteiger partial charge on any atom is 0.225 e. The van der Waals surface area contributed by atoms with Gasteiger partial charge in [0.25, 0.3) is 0 Å². The number of hydrogen-bond donors (Lipinski definition) is 1. The first-order chi connectivity index (χ1) is 10.1. The van der Waals surface area contributed by atoms with Crippen LogP contribution in [0.25, 0.3) is 10.2 Å². The fraction of sp³-hybridized carbons (Fsp3) is 0.200. The Balaban J connectivity index is 1.74. The first-order valence-electron chi connectivity index (χ1n) is 6.54. The summed E-state index contributed by atoms with van der Waals surface area (Å²) < 4.78 is 12.8. The average Bonchev–Trinajstić information content (AvgIpc) is 2.81. The number of aromatic nitrogens is 2. The third-order valence-corrected chi connectivity index (χ3v) is 4.22. The van der Waals surface area contributed by atoms with Crippen molar-refractivity contribution < 1.29 is 4.39 Å². The number of anilines is 1. The minimum atomic E-state index is -0.218. The number of aryl methyl sites for hydroxylation is 1. The van der Waals surface area contributed by atoms with Gasteiger partial charge in [-0.25, -0.2) is 14.4 Å². The van der Waals surface area contributed by atoms with Crippen LogP contribution in [0.4, 0.5) is 10.2 Å². The molecule has 0 atom stereocenters. The van der Waals surface area contributed by atoms with Gasteiger partial charge in [-0.2, -0.15) is 0 Å². The van der Waals surface area contributed by atoms with E-state index in [1.165, 1.54) is 17.0 Å². The fourth-order valence-corrected chi connectivity index (χ4v) is 3.23. The maximum absolute atomic E-state index is 12.8. The van der Waals surface area contributed by atoms with E-state index in [4.69, 9.17) is 11.6 Å². The molecule has 3 aromatic rings. The summed E-state index contributed by atoms with van der Waals surface area (Å²) in [6, 6.07) is 8.56. The van der Waals surface area contributed by atoms with Gasteiger partial charge in [0.2, 0.25) is 5.28 Å². The van der Waals surface area contributed by atoms with Crippen molar-refractivity contribution >= 4 is 39.0 Å². The third kappa shape index (κ3) is 3.31. The lowest BCUT2D eigenvalue weighted by atomic mass is 10.1. The quantitative estimate of drug-likeness (QED) is 0.722. The van der Waals surface area contributed by atoms with E-state index < -0.39 is 0 Å². The van der Waals surface area contributed by atoms with Crippen LogP contribution in [0.3, 0.4) is 0 Å². The molecule has 0 saturated carbocycles. The molecule has 1 aromatic carbocycles. The summed E-state index contributed by atoms with van der Waals surface area (Å²) in [5.41, 5.74) is 1.07. The topological polar surface area (TPSA) is 37.8 Å². The van der Waals surface area contributed by atoms with Crippen LogP contribution in [-0.4, -0.2) is 16.5 Å². The van der Waals surface area contributed by atoms with E-state index in [0.29, 0.717) is 6.54 Å². The van der Waals surface area contributed by atoms with Gasteiger partial charge in [0.05, 0.1) is 5.39 Å². The third-order valence-electron chi connectivity index (χ3n) is 3.11. The van der Waals surface area contributed by atoms with Gasteiger partial charge >= 0.3 is 0 Å². The molecule has 2 heterocycles. The minimum Gasteiger partial charge on any atom is -0.369 e. The van der Waals surface area contributed by atoms with Crippen LogP contribution >= 0.6 is 22.9 Å². The fourth-order valence-electron chi connectivity index (χ4n) is 2.13. The number of nitrogens with one attached hydrogen (secondary N) is 1. The van der Waals surface area contributed by atoms with Crippen LogP contribution in [0.5, 0.6) is 0 Å². The Hall–Kier alpha value is -1.72. The summed E-state index contributed by atoms with van der Waals surface area (Å²) in [6.07, 6.45) is 0.784. The molecule has 0 fully saturated rings. The molecule has 0 saturated heterocycles. The van der Waals surface area contributed by atoms with E-state index in [1.54, 1.807) is 23.5 Å². The van der Waals surface area contributed by atoms with E-state index >= 15 is 0 Å². The normalized spacial score (nSPS) is 11.0. The number of nitrogens with zero attached hydrogens (tertiary/aromatic N) is 2. The van der Waals surface area contributed by atoms with Gasteiger partial charge in [0, 0.05) is 11.4 Å². The van der Waals surface area contributed by atoms with E-state index in [-0.39, 0.29) is 11.1 Å². The number of thiophene rings is 1. The maximum atomic E-state index is 12.8. The van der Waals surface area contributed by atoms with Crippen LogP contribution < -0.4 is 5.32 Å². The molecule has 0 radical (unpaired) electrons. The summed E-state index contributed by atoms with van der Waals surface area (Å²) in [5.74, 6) is 0.529. The molecule has 2 aromatic heterocycles. The Bertz CT molecular complexity index is 770. The van der Waals surface area contributed by atoms with Crippen molar-refractivity contribution in [2.45, 2.75) is 13.3 Å². The van der Waals surface area contributed by atoms with Crippen LogP contribution in [0, 0.1) is 12.7 Å². The smallest absolute Gasteiger partial charge is 0.225 e. The zero-order valence-corrected chi connectivity index (χ0v) is 12.9. The second-order valence-corrected chi connectivity index (χ2v) is 6.29. The molecule has 1 N–H and O–H groups in total. The Labute approximate surface area is 130 Å². The summed E-state index contributed by atoms with van der Waals surface area (Å²) in [5, 5.41) is 4.51. The van der Waals surface area contributed by atoms with Crippen molar-refractivity contribution in [1.82, 2.24) is 9.97 Å². The molecular formula is C15H13ClFN3S. The molecule has 108 valence electrons. The van der Waals surface area contributed by atoms with Crippen LogP contribution in [-0.2, 0) is 6.42 Å². The lowest BCUT2D eigenvalue weighted by molar-refractivity contribution is 0.627. The Morgan fingerprint density at radius 3 is 2.76 bits per heavy atom. The zero-order chi connectivity index (χ0) is 14.8. The largest absolute Gasteiger partial charge is 0.369 e. The molecule has 0 aliphatic rings. The number of benzene rings is 1. The highest BCUT2D eigenvalue weighted by Crippen LogP contribution is 2.29. The van der Waals surface area contributed by atoms with Crippen molar-refractivity contribution in [2.75, 3.05) is 11.9 Å². The summed E-state index contributed by atoms with van der Waals surface area (Å²) in [7, 11) is 0. The van der Waals surface area contributed by atoms with Crippen molar-refractivity contribution in [1.29, 1.82) is 0 Å². The second kappa shape index (κ2) is 5.95. The molecule has 21 heavy (non-hydrogen) atoms. The van der Waals surface area contributed by atoms with Crippen LogP contribution in [0.15, 0.2) is 30.3 Å². The van der Waals surface area contributed by atoms with Gasteiger partial charge in [-0.1, -0.05) is 12.1 Å². The predicted octanol–water partition coefficient (Wildman–Crippen LogP) is 4.45. The standard InChI is InChI=1S/C15H13ClFN3S/c1-9-8-12-13(19-15(16)20-14(12)21-9)18-7-6-10-2-4-11(17)5-3-10/h2-5,8H,6-7H2,1H3,(H,18,19,20). The Morgan fingerprint density at radius 1 is 1.24 bits per heavy atom. The molecule has 6 heteroatoms. The minimum absolute atomic E-state index is 0.218. The molecular weight excluding hydrogens is 309 g/mol. The van der Waals surface area contributed by atoms with E-state index in [9.17, 15) is 4.39 Å². The Kier molecular flexibility index (Phi) is 4.03. The highest BCUT2D eigenvalue weighted by atomic mass is 35.5. The first-order valence-corrected chi connectivity index (χ1v) is 7.73. The number of rotatable bonds is 4. The van der Waals surface area contributed by atoms with Crippen molar-refractivity contribution in [3.05, 3.63) is 51.9 Å². The monoisotopic (exact) mass is 321 g/mol. The van der Waals surface area contributed by atoms with E-state index in [2.05, 4.69) is 21.4 Å². The lowest BCUT2D eigenvalue weighted by Crippen LogP contribution is -2.07. The molecule has 0 amide bonds. The highest BCUT2D eigenvalue weighted by Gasteiger charge is 2.09. The van der Waals surface area contributed by atoms with Crippen LogP contribution in [0.1, 0.15) is 10.4 Å². The van der Waals surface area contributed by atoms with Gasteiger partial charge in [-0.3, -0.25) is 0 Å². The van der Waals surface area contributed by atoms with Gasteiger partial charge in [-0.05, 0) is 48.7 Å².